The zero-order chi connectivity index (χ0) is 17.1. The fourth-order valence-corrected chi connectivity index (χ4v) is 3.18. The number of rotatable bonds is 5. The molecule has 0 amide bonds. The zero-order valence-electron chi connectivity index (χ0n) is 12.8. The minimum atomic E-state index is -0.927. The molecule has 0 unspecified atom stereocenters. The lowest BCUT2D eigenvalue weighted by atomic mass is 10.1. The average Bonchev–Trinajstić information content (AvgIpc) is 3.04. The third-order valence-corrected chi connectivity index (χ3v) is 4.58. The molecule has 1 heterocycles. The molecule has 0 spiro atoms. The molecule has 122 valence electrons. The monoisotopic (exact) mass is 339 g/mol. The highest BCUT2D eigenvalue weighted by Gasteiger charge is 2.07. The minimum Gasteiger partial charge on any atom is -0.478 e. The van der Waals surface area contributed by atoms with Crippen LogP contribution in [0.15, 0.2) is 53.9 Å². The molecule has 0 atom stereocenters. The first kappa shape index (κ1) is 15.9. The molecular weight excluding hydrogens is 322 g/mol. The highest BCUT2D eigenvalue weighted by Crippen LogP contribution is 2.31. The van der Waals surface area contributed by atoms with Crippen molar-refractivity contribution in [3.63, 3.8) is 0 Å². The highest BCUT2D eigenvalue weighted by molar-refractivity contribution is 7.10. The smallest absolute Gasteiger partial charge is 0.335 e. The number of nitrogens with two attached hydrogens (primary N) is 2. The molecule has 3 rings (SSSR count). The lowest BCUT2D eigenvalue weighted by molar-refractivity contribution is 0.0697. The predicted octanol–water partition coefficient (Wildman–Crippen LogP) is 3.89. The Balaban J connectivity index is 1.70. The Labute approximate surface area is 143 Å². The number of hydrogen-bond donors (Lipinski definition) is 4. The van der Waals surface area contributed by atoms with Crippen LogP contribution in [-0.2, 0) is 6.54 Å². The van der Waals surface area contributed by atoms with Crippen molar-refractivity contribution in [1.29, 1.82) is 0 Å². The van der Waals surface area contributed by atoms with Gasteiger partial charge in [0, 0.05) is 34.0 Å². The van der Waals surface area contributed by atoms with E-state index in [0.717, 1.165) is 21.7 Å². The van der Waals surface area contributed by atoms with Crippen LogP contribution in [0.4, 0.5) is 17.1 Å². The first-order valence-electron chi connectivity index (χ1n) is 7.33. The summed E-state index contributed by atoms with van der Waals surface area (Å²) in [6, 6.07) is 14.2. The summed E-state index contributed by atoms with van der Waals surface area (Å²) in [6.07, 6.45) is 0. The Morgan fingerprint density at radius 3 is 2.54 bits per heavy atom. The second-order valence-electron chi connectivity index (χ2n) is 5.38. The SMILES string of the molecule is Nc1ccc(N)c(-c2csc(CNc3ccc(C(=O)O)cc3)c2)c1. The molecule has 0 saturated heterocycles. The van der Waals surface area contributed by atoms with Gasteiger partial charge in [0.25, 0.3) is 0 Å². The number of carboxylic acids is 1. The summed E-state index contributed by atoms with van der Waals surface area (Å²) >= 11 is 1.63. The summed E-state index contributed by atoms with van der Waals surface area (Å²) in [5.74, 6) is -0.927. The molecule has 6 heteroatoms. The lowest BCUT2D eigenvalue weighted by Crippen LogP contribution is -1.99. The largest absolute Gasteiger partial charge is 0.478 e. The van der Waals surface area contributed by atoms with Gasteiger partial charge in [-0.15, -0.1) is 11.3 Å². The quantitative estimate of drug-likeness (QED) is 0.528. The van der Waals surface area contributed by atoms with E-state index < -0.39 is 5.97 Å². The molecule has 0 aliphatic heterocycles. The molecular formula is C18H17N3O2S. The Morgan fingerprint density at radius 1 is 1.08 bits per heavy atom. The van der Waals surface area contributed by atoms with E-state index in [1.54, 1.807) is 41.7 Å². The third-order valence-electron chi connectivity index (χ3n) is 3.64. The van der Waals surface area contributed by atoms with Crippen molar-refractivity contribution in [1.82, 2.24) is 0 Å². The van der Waals surface area contributed by atoms with Crippen molar-refractivity contribution in [3.8, 4) is 11.1 Å². The first-order valence-corrected chi connectivity index (χ1v) is 8.21. The topological polar surface area (TPSA) is 101 Å². The molecule has 0 aliphatic rings. The number of carbonyl (C=O) groups is 1. The van der Waals surface area contributed by atoms with Crippen LogP contribution >= 0.6 is 11.3 Å². The molecule has 1 aromatic heterocycles. The van der Waals surface area contributed by atoms with E-state index >= 15 is 0 Å². The summed E-state index contributed by atoms with van der Waals surface area (Å²) in [6.45, 7) is 0.652. The third kappa shape index (κ3) is 3.49. The summed E-state index contributed by atoms with van der Waals surface area (Å²) in [7, 11) is 0. The Kier molecular flexibility index (Phi) is 4.39. The predicted molar refractivity (Wildman–Crippen MR) is 99.3 cm³/mol. The van der Waals surface area contributed by atoms with Crippen molar-refractivity contribution < 1.29 is 9.90 Å². The molecule has 6 N–H and O–H groups in total. The molecule has 2 aromatic carbocycles. The van der Waals surface area contributed by atoms with Gasteiger partial charge in [0.1, 0.15) is 0 Å². The fourth-order valence-electron chi connectivity index (χ4n) is 2.36. The normalized spacial score (nSPS) is 10.5. The molecule has 3 aromatic rings. The van der Waals surface area contributed by atoms with Crippen LogP contribution in [0.2, 0.25) is 0 Å². The summed E-state index contributed by atoms with van der Waals surface area (Å²) in [5.41, 5.74) is 16.4. The van der Waals surface area contributed by atoms with Crippen LogP contribution in [-0.4, -0.2) is 11.1 Å². The van der Waals surface area contributed by atoms with Crippen molar-refractivity contribution in [2.24, 2.45) is 0 Å². The standard InChI is InChI=1S/C18H17N3O2S/c19-13-3-6-17(20)16(8-13)12-7-15(24-10-12)9-21-14-4-1-11(2-5-14)18(22)23/h1-8,10,21H,9,19-20H2,(H,22,23). The van der Waals surface area contributed by atoms with Crippen LogP contribution < -0.4 is 16.8 Å². The van der Waals surface area contributed by atoms with E-state index in [9.17, 15) is 4.79 Å². The van der Waals surface area contributed by atoms with Crippen molar-refractivity contribution in [2.45, 2.75) is 6.54 Å². The minimum absolute atomic E-state index is 0.274. The van der Waals surface area contributed by atoms with Gasteiger partial charge in [-0.1, -0.05) is 0 Å². The van der Waals surface area contributed by atoms with Gasteiger partial charge in [0.05, 0.1) is 5.56 Å². The van der Waals surface area contributed by atoms with Gasteiger partial charge >= 0.3 is 5.97 Å². The van der Waals surface area contributed by atoms with Gasteiger partial charge < -0.3 is 21.9 Å². The molecule has 0 fully saturated rings. The van der Waals surface area contributed by atoms with Gasteiger partial charge in [0.15, 0.2) is 0 Å². The van der Waals surface area contributed by atoms with Gasteiger partial charge in [-0.2, -0.15) is 0 Å². The van der Waals surface area contributed by atoms with Crippen molar-refractivity contribution in [2.75, 3.05) is 16.8 Å². The number of nitrogens with one attached hydrogen (secondary N) is 1. The molecule has 5 nitrogen and oxygen atoms in total. The lowest BCUT2D eigenvalue weighted by Gasteiger charge is -2.06. The Morgan fingerprint density at radius 2 is 1.83 bits per heavy atom. The van der Waals surface area contributed by atoms with Crippen molar-refractivity contribution in [3.05, 3.63) is 64.4 Å². The van der Waals surface area contributed by atoms with Gasteiger partial charge in [-0.3, -0.25) is 0 Å². The maximum atomic E-state index is 10.8. The number of thiophene rings is 1. The summed E-state index contributed by atoms with van der Waals surface area (Å²) in [5, 5.41) is 14.2. The van der Waals surface area contributed by atoms with Crippen LogP contribution in [0.3, 0.4) is 0 Å². The van der Waals surface area contributed by atoms with Gasteiger partial charge in [0.2, 0.25) is 0 Å². The number of hydrogen-bond acceptors (Lipinski definition) is 5. The van der Waals surface area contributed by atoms with E-state index in [0.29, 0.717) is 17.9 Å². The van der Waals surface area contributed by atoms with Crippen molar-refractivity contribution >= 4 is 34.4 Å². The second-order valence-corrected chi connectivity index (χ2v) is 6.38. The second kappa shape index (κ2) is 6.64. The Bertz CT molecular complexity index is 872. The van der Waals surface area contributed by atoms with Gasteiger partial charge in [-0.25, -0.2) is 4.79 Å². The number of benzene rings is 2. The number of anilines is 3. The van der Waals surface area contributed by atoms with E-state index in [1.165, 1.54) is 0 Å². The van der Waals surface area contributed by atoms with E-state index in [4.69, 9.17) is 16.6 Å². The summed E-state index contributed by atoms with van der Waals surface area (Å²) < 4.78 is 0. The van der Waals surface area contributed by atoms with E-state index in [1.807, 2.05) is 12.1 Å². The fraction of sp³-hybridized carbons (Fsp3) is 0.0556. The highest BCUT2D eigenvalue weighted by atomic mass is 32.1. The number of aromatic carboxylic acids is 1. The first-order chi connectivity index (χ1) is 11.5. The maximum Gasteiger partial charge on any atom is 0.335 e. The molecule has 0 saturated carbocycles. The van der Waals surface area contributed by atoms with Gasteiger partial charge in [-0.05, 0) is 59.5 Å². The van der Waals surface area contributed by atoms with E-state index in [2.05, 4.69) is 16.8 Å². The van der Waals surface area contributed by atoms with Crippen LogP contribution in [0.5, 0.6) is 0 Å². The summed E-state index contributed by atoms with van der Waals surface area (Å²) in [4.78, 5) is 12.0. The molecule has 0 aliphatic carbocycles. The van der Waals surface area contributed by atoms with Crippen LogP contribution in [0, 0.1) is 0 Å². The molecule has 0 bridgehead atoms. The van der Waals surface area contributed by atoms with Crippen LogP contribution in [0.25, 0.3) is 11.1 Å². The Hall–Kier alpha value is -2.99. The molecule has 24 heavy (non-hydrogen) atoms. The average molecular weight is 339 g/mol. The zero-order valence-corrected chi connectivity index (χ0v) is 13.6. The number of nitrogen functional groups attached to an aromatic ring is 2. The maximum absolute atomic E-state index is 10.8. The van der Waals surface area contributed by atoms with Crippen LogP contribution in [0.1, 0.15) is 15.2 Å². The number of carboxylic acid groups (broad SMARTS) is 1. The molecule has 0 radical (unpaired) electrons. The van der Waals surface area contributed by atoms with E-state index in [-0.39, 0.29) is 5.56 Å².